The number of amides is 1. The SMILES string of the molecule is C=C(C)C(=O)NC(Cc1cn(C)c2ccccc12)C(=O)O. The number of carbonyl (C=O) groups is 2. The van der Waals surface area contributed by atoms with Gasteiger partial charge in [-0.15, -0.1) is 0 Å². The molecular formula is C16H18N2O3. The Morgan fingerprint density at radius 3 is 2.67 bits per heavy atom. The number of fused-ring (bicyclic) bond motifs is 1. The first-order valence-electron chi connectivity index (χ1n) is 6.62. The van der Waals surface area contributed by atoms with E-state index in [4.69, 9.17) is 0 Å². The number of benzene rings is 1. The Kier molecular flexibility index (Phi) is 4.12. The Balaban J connectivity index is 2.29. The normalized spacial score (nSPS) is 12.1. The molecular weight excluding hydrogens is 268 g/mol. The predicted octanol–water partition coefficient (Wildman–Crippen LogP) is 1.87. The molecule has 0 spiro atoms. The van der Waals surface area contributed by atoms with Crippen molar-refractivity contribution >= 4 is 22.8 Å². The van der Waals surface area contributed by atoms with Crippen molar-refractivity contribution in [2.75, 3.05) is 0 Å². The van der Waals surface area contributed by atoms with Crippen LogP contribution in [0.2, 0.25) is 0 Å². The number of para-hydroxylation sites is 1. The van der Waals surface area contributed by atoms with Crippen LogP contribution in [0, 0.1) is 0 Å². The van der Waals surface area contributed by atoms with E-state index >= 15 is 0 Å². The Morgan fingerprint density at radius 2 is 2.05 bits per heavy atom. The number of carbonyl (C=O) groups excluding carboxylic acids is 1. The summed E-state index contributed by atoms with van der Waals surface area (Å²) in [5.41, 5.74) is 2.21. The first-order valence-corrected chi connectivity index (χ1v) is 6.62. The quantitative estimate of drug-likeness (QED) is 0.824. The molecule has 1 aromatic carbocycles. The number of carboxylic acids is 1. The lowest BCUT2D eigenvalue weighted by atomic mass is 10.0. The summed E-state index contributed by atoms with van der Waals surface area (Å²) in [6, 6.07) is 6.79. The molecule has 5 heteroatoms. The molecule has 0 aliphatic rings. The standard InChI is InChI=1S/C16H18N2O3/c1-10(2)15(19)17-13(16(20)21)8-11-9-18(3)14-7-5-4-6-12(11)14/h4-7,9,13H,1,8H2,2-3H3,(H,17,19)(H,20,21). The third-order valence-corrected chi connectivity index (χ3v) is 3.39. The zero-order valence-corrected chi connectivity index (χ0v) is 12.1. The summed E-state index contributed by atoms with van der Waals surface area (Å²) in [6.45, 7) is 5.07. The van der Waals surface area contributed by atoms with Gasteiger partial charge in [-0.05, 0) is 18.6 Å². The molecule has 1 unspecified atom stereocenters. The largest absolute Gasteiger partial charge is 0.480 e. The van der Waals surface area contributed by atoms with Crippen LogP contribution in [-0.2, 0) is 23.1 Å². The molecule has 1 amide bonds. The van der Waals surface area contributed by atoms with E-state index < -0.39 is 17.9 Å². The lowest BCUT2D eigenvalue weighted by Gasteiger charge is -2.14. The molecule has 2 N–H and O–H groups in total. The first-order chi connectivity index (χ1) is 9.90. The van der Waals surface area contributed by atoms with Crippen LogP contribution >= 0.6 is 0 Å². The number of hydrogen-bond acceptors (Lipinski definition) is 2. The maximum Gasteiger partial charge on any atom is 0.326 e. The predicted molar refractivity (Wildman–Crippen MR) is 81.0 cm³/mol. The van der Waals surface area contributed by atoms with Gasteiger partial charge in [0.25, 0.3) is 0 Å². The molecule has 2 rings (SSSR count). The minimum absolute atomic E-state index is 0.232. The van der Waals surface area contributed by atoms with E-state index in [1.165, 1.54) is 0 Å². The Bertz CT molecular complexity index is 715. The van der Waals surface area contributed by atoms with Gasteiger partial charge in [0.15, 0.2) is 0 Å². The van der Waals surface area contributed by atoms with Gasteiger partial charge in [0, 0.05) is 36.1 Å². The molecule has 21 heavy (non-hydrogen) atoms. The fourth-order valence-electron chi connectivity index (χ4n) is 2.29. The molecule has 0 bridgehead atoms. The highest BCUT2D eigenvalue weighted by Gasteiger charge is 2.22. The third-order valence-electron chi connectivity index (χ3n) is 3.39. The van der Waals surface area contributed by atoms with Crippen molar-refractivity contribution < 1.29 is 14.7 Å². The van der Waals surface area contributed by atoms with Crippen LogP contribution in [0.3, 0.4) is 0 Å². The minimum Gasteiger partial charge on any atom is -0.480 e. The molecule has 5 nitrogen and oxygen atoms in total. The zero-order valence-electron chi connectivity index (χ0n) is 12.1. The van der Waals surface area contributed by atoms with Crippen LogP contribution in [0.4, 0.5) is 0 Å². The Hall–Kier alpha value is -2.56. The molecule has 1 heterocycles. The highest BCUT2D eigenvalue weighted by molar-refractivity contribution is 5.95. The summed E-state index contributed by atoms with van der Waals surface area (Å²) in [5.74, 6) is -1.50. The number of aryl methyl sites for hydroxylation is 1. The number of rotatable bonds is 5. The van der Waals surface area contributed by atoms with Gasteiger partial charge in [0.05, 0.1) is 0 Å². The fraction of sp³-hybridized carbons (Fsp3) is 0.250. The summed E-state index contributed by atoms with van der Waals surface area (Å²) >= 11 is 0. The maximum absolute atomic E-state index is 11.6. The van der Waals surface area contributed by atoms with Gasteiger partial charge >= 0.3 is 5.97 Å². The second-order valence-corrected chi connectivity index (χ2v) is 5.13. The van der Waals surface area contributed by atoms with Gasteiger partial charge < -0.3 is 15.0 Å². The molecule has 110 valence electrons. The number of nitrogens with zero attached hydrogens (tertiary/aromatic N) is 1. The lowest BCUT2D eigenvalue weighted by molar-refractivity contribution is -0.141. The molecule has 0 saturated heterocycles. The fourth-order valence-corrected chi connectivity index (χ4v) is 2.29. The van der Waals surface area contributed by atoms with E-state index in [1.54, 1.807) is 6.92 Å². The first kappa shape index (κ1) is 14.8. The molecule has 2 aromatic rings. The molecule has 0 radical (unpaired) electrons. The molecule has 0 aliphatic carbocycles. The third kappa shape index (κ3) is 3.13. The van der Waals surface area contributed by atoms with Crippen LogP contribution in [0.1, 0.15) is 12.5 Å². The lowest BCUT2D eigenvalue weighted by Crippen LogP contribution is -2.42. The molecule has 0 fully saturated rings. The van der Waals surface area contributed by atoms with Crippen LogP contribution in [0.25, 0.3) is 10.9 Å². The van der Waals surface area contributed by atoms with Gasteiger partial charge in [-0.1, -0.05) is 24.8 Å². The maximum atomic E-state index is 11.6. The second-order valence-electron chi connectivity index (χ2n) is 5.13. The van der Waals surface area contributed by atoms with Gasteiger partial charge in [-0.3, -0.25) is 4.79 Å². The van der Waals surface area contributed by atoms with Crippen LogP contribution in [0.15, 0.2) is 42.6 Å². The summed E-state index contributed by atoms with van der Waals surface area (Å²) in [5, 5.41) is 12.8. The van der Waals surface area contributed by atoms with Crippen molar-refractivity contribution in [2.45, 2.75) is 19.4 Å². The smallest absolute Gasteiger partial charge is 0.326 e. The summed E-state index contributed by atoms with van der Waals surface area (Å²) in [7, 11) is 1.91. The van der Waals surface area contributed by atoms with E-state index in [2.05, 4.69) is 11.9 Å². The van der Waals surface area contributed by atoms with Crippen molar-refractivity contribution in [2.24, 2.45) is 7.05 Å². The van der Waals surface area contributed by atoms with Gasteiger partial charge in [-0.2, -0.15) is 0 Å². The van der Waals surface area contributed by atoms with E-state index in [9.17, 15) is 14.7 Å². The van der Waals surface area contributed by atoms with Gasteiger partial charge in [0.2, 0.25) is 5.91 Å². The summed E-state index contributed by atoms with van der Waals surface area (Å²) in [6.07, 6.45) is 2.13. The monoisotopic (exact) mass is 286 g/mol. The number of nitrogens with one attached hydrogen (secondary N) is 1. The average Bonchev–Trinajstić information content (AvgIpc) is 2.75. The van der Waals surface area contributed by atoms with Gasteiger partial charge in [-0.25, -0.2) is 4.79 Å². The highest BCUT2D eigenvalue weighted by atomic mass is 16.4. The summed E-state index contributed by atoms with van der Waals surface area (Å²) in [4.78, 5) is 23.0. The molecule has 0 saturated carbocycles. The van der Waals surface area contributed by atoms with E-state index in [0.717, 1.165) is 16.5 Å². The van der Waals surface area contributed by atoms with Crippen molar-refractivity contribution in [1.82, 2.24) is 9.88 Å². The molecule has 1 aromatic heterocycles. The number of carboxylic acid groups (broad SMARTS) is 1. The van der Waals surface area contributed by atoms with Gasteiger partial charge in [0.1, 0.15) is 6.04 Å². The minimum atomic E-state index is -1.06. The van der Waals surface area contributed by atoms with Crippen LogP contribution in [0.5, 0.6) is 0 Å². The second kappa shape index (κ2) is 5.83. The van der Waals surface area contributed by atoms with Crippen molar-refractivity contribution in [1.29, 1.82) is 0 Å². The number of hydrogen-bond donors (Lipinski definition) is 2. The van der Waals surface area contributed by atoms with E-state index in [0.29, 0.717) is 5.57 Å². The van der Waals surface area contributed by atoms with E-state index in [1.807, 2.05) is 42.1 Å². The van der Waals surface area contributed by atoms with Crippen molar-refractivity contribution in [3.8, 4) is 0 Å². The number of aliphatic carboxylic acids is 1. The summed E-state index contributed by atoms with van der Waals surface area (Å²) < 4.78 is 1.95. The topological polar surface area (TPSA) is 71.3 Å². The average molecular weight is 286 g/mol. The van der Waals surface area contributed by atoms with Crippen LogP contribution < -0.4 is 5.32 Å². The number of aromatic nitrogens is 1. The van der Waals surface area contributed by atoms with Crippen molar-refractivity contribution in [3.05, 3.63) is 48.2 Å². The van der Waals surface area contributed by atoms with Crippen LogP contribution in [-0.4, -0.2) is 27.6 Å². The Labute approximate surface area is 122 Å². The highest BCUT2D eigenvalue weighted by Crippen LogP contribution is 2.21. The molecule has 0 aliphatic heterocycles. The molecule has 1 atom stereocenters. The Morgan fingerprint density at radius 1 is 1.38 bits per heavy atom. The zero-order chi connectivity index (χ0) is 15.6. The van der Waals surface area contributed by atoms with E-state index in [-0.39, 0.29) is 6.42 Å². The van der Waals surface area contributed by atoms with Crippen molar-refractivity contribution in [3.63, 3.8) is 0 Å².